The molecule has 2 aromatic heterocycles. The van der Waals surface area contributed by atoms with Gasteiger partial charge in [-0.3, -0.25) is 0 Å². The Balaban J connectivity index is 2.31. The Morgan fingerprint density at radius 2 is 2.11 bits per heavy atom. The third-order valence-electron chi connectivity index (χ3n) is 2.42. The highest BCUT2D eigenvalue weighted by atomic mass is 15.4. The summed E-state index contributed by atoms with van der Waals surface area (Å²) in [7, 11) is 0. The Hall–Kier alpha value is -2.05. The number of nitrogens with zero attached hydrogens (tertiary/aromatic N) is 6. The van der Waals surface area contributed by atoms with Crippen molar-refractivity contribution in [2.24, 2.45) is 5.92 Å². The lowest BCUT2D eigenvalue weighted by molar-refractivity contribution is 0.612. The zero-order chi connectivity index (χ0) is 13.7. The van der Waals surface area contributed by atoms with E-state index < -0.39 is 0 Å². The number of rotatable bonds is 6. The SMILES string of the molecule is CCCNc1nc(CC(C)C)nc(-n2cncn2)n1. The number of anilines is 1. The van der Waals surface area contributed by atoms with E-state index in [1.165, 1.54) is 6.33 Å². The minimum Gasteiger partial charge on any atom is -0.354 e. The lowest BCUT2D eigenvalue weighted by Gasteiger charge is -2.09. The molecular formula is C12H19N7. The normalized spacial score (nSPS) is 10.9. The molecule has 1 N–H and O–H groups in total. The molecule has 0 amide bonds. The summed E-state index contributed by atoms with van der Waals surface area (Å²) in [5.74, 6) is 2.36. The van der Waals surface area contributed by atoms with Crippen molar-refractivity contribution < 1.29 is 0 Å². The van der Waals surface area contributed by atoms with Gasteiger partial charge in [-0.2, -0.15) is 24.7 Å². The molecule has 0 radical (unpaired) electrons. The predicted octanol–water partition coefficient (Wildman–Crippen LogP) is 1.47. The number of hydrogen-bond donors (Lipinski definition) is 1. The first kappa shape index (κ1) is 13.4. The maximum Gasteiger partial charge on any atom is 0.257 e. The summed E-state index contributed by atoms with van der Waals surface area (Å²) in [4.78, 5) is 17.1. The van der Waals surface area contributed by atoms with Crippen molar-refractivity contribution in [3.63, 3.8) is 0 Å². The van der Waals surface area contributed by atoms with Crippen molar-refractivity contribution in [3.05, 3.63) is 18.5 Å². The molecule has 0 aliphatic rings. The zero-order valence-corrected chi connectivity index (χ0v) is 11.5. The maximum absolute atomic E-state index is 4.43. The number of aromatic nitrogens is 6. The van der Waals surface area contributed by atoms with Gasteiger partial charge < -0.3 is 5.32 Å². The zero-order valence-electron chi connectivity index (χ0n) is 11.5. The monoisotopic (exact) mass is 261 g/mol. The van der Waals surface area contributed by atoms with Crippen molar-refractivity contribution in [1.29, 1.82) is 0 Å². The third kappa shape index (κ3) is 3.70. The van der Waals surface area contributed by atoms with Crippen LogP contribution in [-0.4, -0.2) is 36.3 Å². The third-order valence-corrected chi connectivity index (χ3v) is 2.42. The molecule has 102 valence electrons. The summed E-state index contributed by atoms with van der Waals surface area (Å²) in [5, 5.41) is 7.24. The first-order valence-corrected chi connectivity index (χ1v) is 6.53. The van der Waals surface area contributed by atoms with E-state index in [1.807, 2.05) is 0 Å². The molecule has 0 aliphatic heterocycles. The van der Waals surface area contributed by atoms with Gasteiger partial charge in [0.25, 0.3) is 5.95 Å². The molecule has 0 unspecified atom stereocenters. The second-order valence-electron chi connectivity index (χ2n) is 4.74. The van der Waals surface area contributed by atoms with Crippen LogP contribution in [0.1, 0.15) is 33.0 Å². The summed E-state index contributed by atoms with van der Waals surface area (Å²) in [5.41, 5.74) is 0. The largest absolute Gasteiger partial charge is 0.354 e. The Bertz CT molecular complexity index is 507. The summed E-state index contributed by atoms with van der Waals surface area (Å²) in [6.07, 6.45) is 4.87. The fraction of sp³-hybridized carbons (Fsp3) is 0.583. The van der Waals surface area contributed by atoms with Gasteiger partial charge in [0.1, 0.15) is 18.5 Å². The van der Waals surface area contributed by atoms with E-state index in [4.69, 9.17) is 0 Å². The molecule has 0 spiro atoms. The van der Waals surface area contributed by atoms with Gasteiger partial charge in [-0.1, -0.05) is 20.8 Å². The van der Waals surface area contributed by atoms with Crippen LogP contribution < -0.4 is 5.32 Å². The highest BCUT2D eigenvalue weighted by Gasteiger charge is 2.09. The second-order valence-corrected chi connectivity index (χ2v) is 4.74. The van der Waals surface area contributed by atoms with E-state index in [-0.39, 0.29) is 0 Å². The Morgan fingerprint density at radius 1 is 1.26 bits per heavy atom. The smallest absolute Gasteiger partial charge is 0.257 e. The van der Waals surface area contributed by atoms with Crippen LogP contribution in [0.4, 0.5) is 5.95 Å². The molecule has 0 fully saturated rings. The Kier molecular flexibility index (Phi) is 4.38. The lowest BCUT2D eigenvalue weighted by atomic mass is 10.1. The van der Waals surface area contributed by atoms with Crippen molar-refractivity contribution in [1.82, 2.24) is 29.7 Å². The molecule has 2 aromatic rings. The van der Waals surface area contributed by atoms with Crippen LogP contribution in [0.15, 0.2) is 12.7 Å². The summed E-state index contributed by atoms with van der Waals surface area (Å²) in [6, 6.07) is 0. The van der Waals surface area contributed by atoms with Gasteiger partial charge in [-0.05, 0) is 12.3 Å². The molecule has 0 aromatic carbocycles. The molecule has 0 atom stereocenters. The van der Waals surface area contributed by atoms with Gasteiger partial charge in [0, 0.05) is 13.0 Å². The highest BCUT2D eigenvalue weighted by Crippen LogP contribution is 2.08. The van der Waals surface area contributed by atoms with Gasteiger partial charge in [0.05, 0.1) is 0 Å². The Morgan fingerprint density at radius 3 is 2.74 bits per heavy atom. The van der Waals surface area contributed by atoms with Crippen LogP contribution >= 0.6 is 0 Å². The van der Waals surface area contributed by atoms with Crippen molar-refractivity contribution in [2.45, 2.75) is 33.6 Å². The molecule has 0 saturated carbocycles. The average molecular weight is 261 g/mol. The maximum atomic E-state index is 4.43. The van der Waals surface area contributed by atoms with E-state index in [2.05, 4.69) is 51.1 Å². The van der Waals surface area contributed by atoms with Crippen LogP contribution in [0.3, 0.4) is 0 Å². The fourth-order valence-corrected chi connectivity index (χ4v) is 1.59. The lowest BCUT2D eigenvalue weighted by Crippen LogP contribution is -2.13. The molecular weight excluding hydrogens is 242 g/mol. The highest BCUT2D eigenvalue weighted by molar-refractivity contribution is 5.28. The van der Waals surface area contributed by atoms with Gasteiger partial charge in [0.2, 0.25) is 5.95 Å². The van der Waals surface area contributed by atoms with E-state index >= 15 is 0 Å². The molecule has 2 heterocycles. The van der Waals surface area contributed by atoms with Gasteiger partial charge in [0.15, 0.2) is 0 Å². The standard InChI is InChI=1S/C12H19N7/c1-4-5-14-11-16-10(6-9(2)3)17-12(18-11)19-8-13-7-15-19/h7-9H,4-6H2,1-3H3,(H,14,16,17,18). The van der Waals surface area contributed by atoms with Crippen LogP contribution in [0, 0.1) is 5.92 Å². The molecule has 2 rings (SSSR count). The van der Waals surface area contributed by atoms with Crippen molar-refractivity contribution in [3.8, 4) is 5.95 Å². The average Bonchev–Trinajstić information content (AvgIpc) is 2.89. The van der Waals surface area contributed by atoms with Crippen LogP contribution in [0.2, 0.25) is 0 Å². The van der Waals surface area contributed by atoms with E-state index in [1.54, 1.807) is 11.0 Å². The van der Waals surface area contributed by atoms with Crippen molar-refractivity contribution >= 4 is 5.95 Å². The summed E-state index contributed by atoms with van der Waals surface area (Å²) >= 11 is 0. The van der Waals surface area contributed by atoms with E-state index in [9.17, 15) is 0 Å². The quantitative estimate of drug-likeness (QED) is 0.848. The van der Waals surface area contributed by atoms with Gasteiger partial charge in [-0.15, -0.1) is 0 Å². The summed E-state index contributed by atoms with van der Waals surface area (Å²) in [6.45, 7) is 7.21. The van der Waals surface area contributed by atoms with Crippen LogP contribution in [0.25, 0.3) is 5.95 Å². The summed E-state index contributed by atoms with van der Waals surface area (Å²) < 4.78 is 1.54. The second kappa shape index (κ2) is 6.21. The molecule has 7 nitrogen and oxygen atoms in total. The fourth-order valence-electron chi connectivity index (χ4n) is 1.59. The number of hydrogen-bond acceptors (Lipinski definition) is 6. The van der Waals surface area contributed by atoms with Crippen LogP contribution in [-0.2, 0) is 6.42 Å². The van der Waals surface area contributed by atoms with Crippen LogP contribution in [0.5, 0.6) is 0 Å². The molecule has 0 bridgehead atoms. The minimum atomic E-state index is 0.491. The molecule has 7 heteroatoms. The predicted molar refractivity (Wildman–Crippen MR) is 72.1 cm³/mol. The molecule has 19 heavy (non-hydrogen) atoms. The molecule has 0 saturated heterocycles. The minimum absolute atomic E-state index is 0.491. The first-order valence-electron chi connectivity index (χ1n) is 6.53. The van der Waals surface area contributed by atoms with Gasteiger partial charge >= 0.3 is 0 Å². The van der Waals surface area contributed by atoms with Gasteiger partial charge in [-0.25, -0.2) is 4.98 Å². The van der Waals surface area contributed by atoms with E-state index in [0.29, 0.717) is 17.8 Å². The Labute approximate surface area is 112 Å². The topological polar surface area (TPSA) is 81.4 Å². The van der Waals surface area contributed by atoms with Crippen molar-refractivity contribution in [2.75, 3.05) is 11.9 Å². The first-order chi connectivity index (χ1) is 9.19. The number of nitrogens with one attached hydrogen (secondary N) is 1. The van der Waals surface area contributed by atoms with E-state index in [0.717, 1.165) is 25.2 Å². The molecule has 0 aliphatic carbocycles.